The summed E-state index contributed by atoms with van der Waals surface area (Å²) in [6, 6.07) is 8.20. The van der Waals surface area contributed by atoms with E-state index in [-0.39, 0.29) is 17.9 Å². The van der Waals surface area contributed by atoms with E-state index in [9.17, 15) is 9.59 Å². The molecule has 172 valence electrons. The van der Waals surface area contributed by atoms with Gasteiger partial charge in [-0.3, -0.25) is 9.59 Å². The molecule has 32 heavy (non-hydrogen) atoms. The second-order valence-corrected chi connectivity index (χ2v) is 8.86. The number of carbonyl (C=O) groups is 2. The van der Waals surface area contributed by atoms with Gasteiger partial charge in [-0.05, 0) is 43.9 Å². The Hall–Kier alpha value is -2.74. The van der Waals surface area contributed by atoms with E-state index < -0.39 is 0 Å². The quantitative estimate of drug-likeness (QED) is 0.691. The van der Waals surface area contributed by atoms with E-state index in [2.05, 4.69) is 26.9 Å². The van der Waals surface area contributed by atoms with Crippen molar-refractivity contribution in [3.05, 3.63) is 47.0 Å². The minimum Gasteiger partial charge on any atom is -0.383 e. The summed E-state index contributed by atoms with van der Waals surface area (Å²) < 4.78 is 7.48. The van der Waals surface area contributed by atoms with Gasteiger partial charge in [0.2, 0.25) is 5.91 Å². The van der Waals surface area contributed by atoms with Gasteiger partial charge in [-0.1, -0.05) is 12.1 Å². The van der Waals surface area contributed by atoms with E-state index in [1.54, 1.807) is 14.0 Å². The summed E-state index contributed by atoms with van der Waals surface area (Å²) in [6.45, 7) is 6.88. The van der Waals surface area contributed by atoms with Crippen LogP contribution in [0.3, 0.4) is 0 Å². The number of likely N-dealkylation sites (tertiary alicyclic amines) is 1. The van der Waals surface area contributed by atoms with Gasteiger partial charge >= 0.3 is 0 Å². The molecular weight excluding hydrogens is 406 g/mol. The highest BCUT2D eigenvalue weighted by atomic mass is 16.5. The molecule has 1 fully saturated rings. The van der Waals surface area contributed by atoms with Gasteiger partial charge in [0.25, 0.3) is 5.91 Å². The fraction of sp³-hybridized carbons (Fsp3) is 0.583. The second-order valence-electron chi connectivity index (χ2n) is 8.86. The van der Waals surface area contributed by atoms with Crippen LogP contribution in [0.1, 0.15) is 59.7 Å². The third kappa shape index (κ3) is 4.70. The maximum Gasteiger partial charge on any atom is 0.254 e. The summed E-state index contributed by atoms with van der Waals surface area (Å²) in [5.41, 5.74) is 1.91. The Morgan fingerprint density at radius 1 is 1.19 bits per heavy atom. The average molecular weight is 440 g/mol. The van der Waals surface area contributed by atoms with Crippen molar-refractivity contribution in [2.24, 2.45) is 0 Å². The second kappa shape index (κ2) is 9.81. The van der Waals surface area contributed by atoms with Crippen LogP contribution < -0.4 is 0 Å². The number of aryl methyl sites for hydroxylation is 2. The van der Waals surface area contributed by atoms with Crippen LogP contribution in [0.2, 0.25) is 0 Å². The molecule has 8 nitrogen and oxygen atoms in total. The molecule has 2 aliphatic heterocycles. The van der Waals surface area contributed by atoms with E-state index in [0.29, 0.717) is 32.2 Å². The normalized spacial score (nSPS) is 19.0. The van der Waals surface area contributed by atoms with Crippen LogP contribution in [-0.2, 0) is 22.5 Å². The minimum atomic E-state index is 0.0437. The van der Waals surface area contributed by atoms with Crippen LogP contribution in [0.5, 0.6) is 0 Å². The molecule has 0 unspecified atom stereocenters. The van der Waals surface area contributed by atoms with Crippen molar-refractivity contribution in [2.45, 2.75) is 58.0 Å². The Morgan fingerprint density at radius 3 is 2.69 bits per heavy atom. The van der Waals surface area contributed by atoms with Crippen molar-refractivity contribution >= 4 is 11.8 Å². The molecule has 1 atom stereocenters. The fourth-order valence-electron chi connectivity index (χ4n) is 4.96. The number of rotatable bonds is 6. The van der Waals surface area contributed by atoms with Gasteiger partial charge in [-0.25, -0.2) is 0 Å². The van der Waals surface area contributed by atoms with Crippen LogP contribution >= 0.6 is 0 Å². The van der Waals surface area contributed by atoms with Crippen molar-refractivity contribution < 1.29 is 14.3 Å². The zero-order valence-corrected chi connectivity index (χ0v) is 19.3. The lowest BCUT2D eigenvalue weighted by atomic mass is 9.90. The standard InChI is InChI=1S/C24H33N5O3/c1-17-25-26-23-8-7-21(16-29(17)23)19-5-4-6-20(15-19)24(31)28(13-14-32-3)22-9-11-27(12-10-22)18(2)30/h4-6,15,21-22H,7-14,16H2,1-3H3/t21-/m0/s1. The molecule has 2 aliphatic rings. The lowest BCUT2D eigenvalue weighted by Gasteiger charge is -2.38. The number of benzene rings is 1. The van der Waals surface area contributed by atoms with Gasteiger partial charge < -0.3 is 19.1 Å². The van der Waals surface area contributed by atoms with E-state index >= 15 is 0 Å². The Bertz CT molecular complexity index is 964. The van der Waals surface area contributed by atoms with E-state index in [1.165, 1.54) is 5.56 Å². The number of nitrogens with zero attached hydrogens (tertiary/aromatic N) is 5. The first-order chi connectivity index (χ1) is 15.5. The Morgan fingerprint density at radius 2 is 1.97 bits per heavy atom. The molecule has 0 N–H and O–H groups in total. The minimum absolute atomic E-state index is 0.0437. The molecule has 1 aromatic heterocycles. The maximum atomic E-state index is 13.6. The Labute approximate surface area is 189 Å². The van der Waals surface area contributed by atoms with E-state index in [4.69, 9.17) is 4.74 Å². The topological polar surface area (TPSA) is 80.6 Å². The van der Waals surface area contributed by atoms with Crippen molar-refractivity contribution in [1.82, 2.24) is 24.6 Å². The largest absolute Gasteiger partial charge is 0.383 e. The number of ether oxygens (including phenoxy) is 1. The molecule has 2 aromatic rings. The number of fused-ring (bicyclic) bond motifs is 1. The highest BCUT2D eigenvalue weighted by Gasteiger charge is 2.30. The summed E-state index contributed by atoms with van der Waals surface area (Å²) in [5, 5.41) is 8.47. The molecule has 1 aromatic carbocycles. The highest BCUT2D eigenvalue weighted by molar-refractivity contribution is 5.94. The SMILES string of the molecule is COCCN(C(=O)c1cccc([C@H]2CCc3nnc(C)n3C2)c1)C1CCN(C(C)=O)CC1. The van der Waals surface area contributed by atoms with Crippen LogP contribution in [-0.4, -0.2) is 75.8 Å². The number of hydrogen-bond donors (Lipinski definition) is 0. The first kappa shape index (κ1) is 22.5. The van der Waals surface area contributed by atoms with Gasteiger partial charge in [0.15, 0.2) is 0 Å². The van der Waals surface area contributed by atoms with Gasteiger partial charge in [0, 0.05) is 64.2 Å². The fourth-order valence-corrected chi connectivity index (χ4v) is 4.96. The summed E-state index contributed by atoms with van der Waals surface area (Å²) in [4.78, 5) is 29.1. The summed E-state index contributed by atoms with van der Waals surface area (Å²) in [5.74, 6) is 2.48. The monoisotopic (exact) mass is 439 g/mol. The van der Waals surface area contributed by atoms with Crippen LogP contribution in [0, 0.1) is 6.92 Å². The number of hydrogen-bond acceptors (Lipinski definition) is 5. The van der Waals surface area contributed by atoms with E-state index in [0.717, 1.165) is 49.4 Å². The first-order valence-corrected chi connectivity index (χ1v) is 11.5. The van der Waals surface area contributed by atoms with Crippen LogP contribution in [0.25, 0.3) is 0 Å². The zero-order chi connectivity index (χ0) is 22.7. The average Bonchev–Trinajstić information content (AvgIpc) is 3.19. The van der Waals surface area contributed by atoms with Crippen molar-refractivity contribution in [3.8, 4) is 0 Å². The molecule has 0 saturated carbocycles. The van der Waals surface area contributed by atoms with Crippen LogP contribution in [0.4, 0.5) is 0 Å². The number of carbonyl (C=O) groups excluding carboxylic acids is 2. The summed E-state index contributed by atoms with van der Waals surface area (Å²) in [6.07, 6.45) is 3.51. The first-order valence-electron chi connectivity index (χ1n) is 11.5. The van der Waals surface area contributed by atoms with Crippen molar-refractivity contribution in [3.63, 3.8) is 0 Å². The lowest BCUT2D eigenvalue weighted by Crippen LogP contribution is -2.49. The molecule has 4 rings (SSSR count). The molecule has 1 saturated heterocycles. The summed E-state index contributed by atoms with van der Waals surface area (Å²) in [7, 11) is 1.66. The molecule has 8 heteroatoms. The zero-order valence-electron chi connectivity index (χ0n) is 19.3. The molecule has 2 amide bonds. The third-order valence-corrected chi connectivity index (χ3v) is 6.88. The van der Waals surface area contributed by atoms with Gasteiger partial charge in [-0.2, -0.15) is 0 Å². The van der Waals surface area contributed by atoms with Crippen LogP contribution in [0.15, 0.2) is 24.3 Å². The molecular formula is C24H33N5O3. The Balaban J connectivity index is 1.50. The lowest BCUT2D eigenvalue weighted by molar-refractivity contribution is -0.130. The molecule has 0 radical (unpaired) electrons. The third-order valence-electron chi connectivity index (χ3n) is 6.88. The smallest absolute Gasteiger partial charge is 0.254 e. The van der Waals surface area contributed by atoms with Crippen molar-refractivity contribution in [1.29, 1.82) is 0 Å². The van der Waals surface area contributed by atoms with Gasteiger partial charge in [0.1, 0.15) is 11.6 Å². The van der Waals surface area contributed by atoms with E-state index in [1.807, 2.05) is 28.9 Å². The maximum absolute atomic E-state index is 13.6. The number of piperidine rings is 1. The van der Waals surface area contributed by atoms with Gasteiger partial charge in [0.05, 0.1) is 6.61 Å². The highest BCUT2D eigenvalue weighted by Crippen LogP contribution is 2.30. The number of amides is 2. The predicted octanol–water partition coefficient (Wildman–Crippen LogP) is 2.42. The summed E-state index contributed by atoms with van der Waals surface area (Å²) >= 11 is 0. The molecule has 0 aliphatic carbocycles. The van der Waals surface area contributed by atoms with Gasteiger partial charge in [-0.15, -0.1) is 10.2 Å². The Kier molecular flexibility index (Phi) is 6.89. The number of methoxy groups -OCH3 is 1. The number of aromatic nitrogens is 3. The van der Waals surface area contributed by atoms with Crippen molar-refractivity contribution in [2.75, 3.05) is 33.4 Å². The molecule has 3 heterocycles. The predicted molar refractivity (Wildman–Crippen MR) is 120 cm³/mol. The molecule has 0 bridgehead atoms. The molecule has 0 spiro atoms.